The molecule has 7 nitrogen and oxygen atoms in total. The number of methoxy groups -OCH3 is 1. The third-order valence-electron chi connectivity index (χ3n) is 3.48. The molecule has 2 rings (SSSR count). The smallest absolute Gasteiger partial charge is 0.311 e. The Bertz CT molecular complexity index is 571. The van der Waals surface area contributed by atoms with Gasteiger partial charge in [-0.2, -0.15) is 0 Å². The van der Waals surface area contributed by atoms with E-state index < -0.39 is 4.92 Å². The van der Waals surface area contributed by atoms with Crippen molar-refractivity contribution in [2.75, 3.05) is 26.7 Å². The van der Waals surface area contributed by atoms with E-state index in [9.17, 15) is 14.9 Å². The number of carbonyl (C=O) groups is 1. The molecule has 0 aromatic heterocycles. The minimum atomic E-state index is -0.544. The van der Waals surface area contributed by atoms with E-state index in [1.165, 1.54) is 19.2 Å². The third kappa shape index (κ3) is 3.30. The summed E-state index contributed by atoms with van der Waals surface area (Å²) in [6.45, 7) is 5.89. The Labute approximate surface area is 123 Å². The molecule has 0 unspecified atom stereocenters. The zero-order chi connectivity index (χ0) is 15.6. The van der Waals surface area contributed by atoms with Crippen LogP contribution in [0.25, 0.3) is 0 Å². The first-order valence-corrected chi connectivity index (χ1v) is 6.71. The van der Waals surface area contributed by atoms with Crippen LogP contribution in [-0.4, -0.2) is 48.0 Å². The average Bonchev–Trinajstić information content (AvgIpc) is 2.44. The van der Waals surface area contributed by atoms with Crippen LogP contribution >= 0.6 is 0 Å². The van der Waals surface area contributed by atoms with E-state index in [1.54, 1.807) is 11.0 Å². The maximum Gasteiger partial charge on any atom is 0.311 e. The quantitative estimate of drug-likeness (QED) is 0.673. The lowest BCUT2D eigenvalue weighted by atomic mass is 10.0. The molecule has 1 amide bonds. The largest absolute Gasteiger partial charge is 0.490 e. The molecule has 0 atom stereocenters. The Kier molecular flexibility index (Phi) is 4.13. The Hall–Kier alpha value is -2.15. The highest BCUT2D eigenvalue weighted by molar-refractivity contribution is 5.95. The first kappa shape index (κ1) is 15.2. The number of nitro groups is 1. The summed E-state index contributed by atoms with van der Waals surface area (Å²) in [5.41, 5.74) is -0.0512. The lowest BCUT2D eigenvalue weighted by molar-refractivity contribution is -0.385. The van der Waals surface area contributed by atoms with Gasteiger partial charge < -0.3 is 15.0 Å². The van der Waals surface area contributed by atoms with E-state index in [1.807, 2.05) is 13.8 Å². The highest BCUT2D eigenvalue weighted by Gasteiger charge is 2.30. The van der Waals surface area contributed by atoms with Crippen molar-refractivity contribution in [2.45, 2.75) is 19.4 Å². The van der Waals surface area contributed by atoms with Gasteiger partial charge in [-0.3, -0.25) is 14.9 Å². The first-order valence-electron chi connectivity index (χ1n) is 6.71. The summed E-state index contributed by atoms with van der Waals surface area (Å²) in [6.07, 6.45) is 0. The van der Waals surface area contributed by atoms with Gasteiger partial charge in [-0.15, -0.1) is 0 Å². The molecule has 0 aliphatic carbocycles. The van der Waals surface area contributed by atoms with Crippen molar-refractivity contribution >= 4 is 11.6 Å². The maximum atomic E-state index is 12.5. The van der Waals surface area contributed by atoms with Gasteiger partial charge in [0.05, 0.1) is 12.0 Å². The van der Waals surface area contributed by atoms with Crippen molar-refractivity contribution in [1.82, 2.24) is 10.2 Å². The summed E-state index contributed by atoms with van der Waals surface area (Å²) in [7, 11) is 1.36. The number of rotatable bonds is 3. The van der Waals surface area contributed by atoms with E-state index >= 15 is 0 Å². The second kappa shape index (κ2) is 5.69. The van der Waals surface area contributed by atoms with Gasteiger partial charge in [0, 0.05) is 36.8 Å². The van der Waals surface area contributed by atoms with Crippen molar-refractivity contribution in [3.63, 3.8) is 0 Å². The molecule has 0 spiro atoms. The number of ether oxygens (including phenoxy) is 1. The van der Waals surface area contributed by atoms with Gasteiger partial charge in [0.1, 0.15) is 0 Å². The number of nitrogens with one attached hydrogen (secondary N) is 1. The minimum absolute atomic E-state index is 0.150. The standard InChI is InChI=1S/C14H19N3O4/c1-14(2)9-16(7-6-15-14)13(18)10-4-5-12(21-3)11(8-10)17(19)20/h4-5,8,15H,6-7,9H2,1-3H3. The summed E-state index contributed by atoms with van der Waals surface area (Å²) >= 11 is 0. The van der Waals surface area contributed by atoms with Crippen molar-refractivity contribution < 1.29 is 14.5 Å². The minimum Gasteiger partial charge on any atom is -0.490 e. The molecule has 1 N–H and O–H groups in total. The van der Waals surface area contributed by atoms with E-state index in [2.05, 4.69) is 5.32 Å². The van der Waals surface area contributed by atoms with Crippen LogP contribution in [-0.2, 0) is 0 Å². The summed E-state index contributed by atoms with van der Waals surface area (Å²) in [5.74, 6) is -0.0486. The van der Waals surface area contributed by atoms with Crippen molar-refractivity contribution in [2.24, 2.45) is 0 Å². The van der Waals surface area contributed by atoms with Gasteiger partial charge in [-0.05, 0) is 26.0 Å². The number of nitrogens with zero attached hydrogens (tertiary/aromatic N) is 2. The molecule has 1 aromatic carbocycles. The molecule has 0 bridgehead atoms. The predicted molar refractivity (Wildman–Crippen MR) is 77.6 cm³/mol. The molecule has 1 aliphatic rings. The number of piperazine rings is 1. The highest BCUT2D eigenvalue weighted by Crippen LogP contribution is 2.28. The van der Waals surface area contributed by atoms with Gasteiger partial charge in [-0.25, -0.2) is 0 Å². The van der Waals surface area contributed by atoms with Crippen LogP contribution < -0.4 is 10.1 Å². The summed E-state index contributed by atoms with van der Waals surface area (Å²) in [6, 6.07) is 4.29. The molecule has 1 aliphatic heterocycles. The first-order chi connectivity index (χ1) is 9.84. The highest BCUT2D eigenvalue weighted by atomic mass is 16.6. The molecule has 0 saturated carbocycles. The van der Waals surface area contributed by atoms with Crippen LogP contribution in [0.5, 0.6) is 5.75 Å². The fraction of sp³-hybridized carbons (Fsp3) is 0.500. The van der Waals surface area contributed by atoms with Crippen LogP contribution in [0.15, 0.2) is 18.2 Å². The SMILES string of the molecule is COc1ccc(C(=O)N2CCNC(C)(C)C2)cc1[N+](=O)[O-]. The fourth-order valence-electron chi connectivity index (χ4n) is 2.46. The lowest BCUT2D eigenvalue weighted by Crippen LogP contribution is -2.58. The van der Waals surface area contributed by atoms with Crippen molar-refractivity contribution in [3.8, 4) is 5.75 Å². The molecule has 1 aromatic rings. The second-order valence-electron chi connectivity index (χ2n) is 5.68. The van der Waals surface area contributed by atoms with Gasteiger partial charge >= 0.3 is 5.69 Å². The fourth-order valence-corrected chi connectivity index (χ4v) is 2.46. The van der Waals surface area contributed by atoms with E-state index in [-0.39, 0.29) is 22.9 Å². The zero-order valence-electron chi connectivity index (χ0n) is 12.4. The van der Waals surface area contributed by atoms with Gasteiger partial charge in [0.15, 0.2) is 5.75 Å². The van der Waals surface area contributed by atoms with E-state index in [0.29, 0.717) is 25.2 Å². The summed E-state index contributed by atoms with van der Waals surface area (Å²) in [4.78, 5) is 24.7. The Morgan fingerprint density at radius 1 is 1.48 bits per heavy atom. The van der Waals surface area contributed by atoms with E-state index in [0.717, 1.165) is 0 Å². The Morgan fingerprint density at radius 2 is 2.19 bits per heavy atom. The van der Waals surface area contributed by atoms with Gasteiger partial charge in [-0.1, -0.05) is 0 Å². The Balaban J connectivity index is 2.27. The summed E-state index contributed by atoms with van der Waals surface area (Å²) < 4.78 is 4.94. The summed E-state index contributed by atoms with van der Waals surface area (Å²) in [5, 5.41) is 14.3. The zero-order valence-corrected chi connectivity index (χ0v) is 12.4. The second-order valence-corrected chi connectivity index (χ2v) is 5.68. The molecule has 1 fully saturated rings. The normalized spacial score (nSPS) is 17.4. The topological polar surface area (TPSA) is 84.7 Å². The number of amides is 1. The molecule has 0 radical (unpaired) electrons. The molecular weight excluding hydrogens is 274 g/mol. The number of hydrogen-bond donors (Lipinski definition) is 1. The molecular formula is C14H19N3O4. The third-order valence-corrected chi connectivity index (χ3v) is 3.48. The van der Waals surface area contributed by atoms with Crippen LogP contribution in [0.3, 0.4) is 0 Å². The Morgan fingerprint density at radius 3 is 2.76 bits per heavy atom. The molecule has 21 heavy (non-hydrogen) atoms. The maximum absolute atomic E-state index is 12.5. The van der Waals surface area contributed by atoms with Crippen LogP contribution in [0.2, 0.25) is 0 Å². The van der Waals surface area contributed by atoms with Crippen LogP contribution in [0.1, 0.15) is 24.2 Å². The predicted octanol–water partition coefficient (Wildman–Crippen LogP) is 1.43. The average molecular weight is 293 g/mol. The number of nitro benzene ring substituents is 1. The molecule has 7 heteroatoms. The molecule has 1 saturated heterocycles. The van der Waals surface area contributed by atoms with Crippen LogP contribution in [0, 0.1) is 10.1 Å². The van der Waals surface area contributed by atoms with Crippen molar-refractivity contribution in [1.29, 1.82) is 0 Å². The monoisotopic (exact) mass is 293 g/mol. The van der Waals surface area contributed by atoms with E-state index in [4.69, 9.17) is 4.74 Å². The van der Waals surface area contributed by atoms with Crippen LogP contribution in [0.4, 0.5) is 5.69 Å². The number of hydrogen-bond acceptors (Lipinski definition) is 5. The van der Waals surface area contributed by atoms with Gasteiger partial charge in [0.25, 0.3) is 5.91 Å². The molecule has 1 heterocycles. The van der Waals surface area contributed by atoms with Gasteiger partial charge in [0.2, 0.25) is 0 Å². The number of benzene rings is 1. The van der Waals surface area contributed by atoms with Crippen molar-refractivity contribution in [3.05, 3.63) is 33.9 Å². The lowest BCUT2D eigenvalue weighted by Gasteiger charge is -2.39. The number of carbonyl (C=O) groups excluding carboxylic acids is 1. The molecule has 114 valence electrons.